The Morgan fingerprint density at radius 2 is 2.24 bits per heavy atom. The van der Waals surface area contributed by atoms with Gasteiger partial charge in [0.05, 0.1) is 13.0 Å². The highest BCUT2D eigenvalue weighted by Crippen LogP contribution is 2.00. The number of aryl methyl sites for hydroxylation is 1. The van der Waals surface area contributed by atoms with Crippen LogP contribution < -0.4 is 10.6 Å². The topological polar surface area (TPSA) is 122 Å². The number of hydrogen-bond donors (Lipinski definition) is 3. The summed E-state index contributed by atoms with van der Waals surface area (Å²) in [5.74, 6) is -1.48. The summed E-state index contributed by atoms with van der Waals surface area (Å²) < 4.78 is 0. The van der Waals surface area contributed by atoms with Crippen molar-refractivity contribution in [3.63, 3.8) is 0 Å². The van der Waals surface area contributed by atoms with Gasteiger partial charge in [0, 0.05) is 6.54 Å². The fraction of sp³-hybridized carbons (Fsp3) is 0.625. The number of nitrogens with zero attached hydrogens (tertiary/aromatic N) is 4. The average Bonchev–Trinajstić information content (AvgIpc) is 2.64. The van der Waals surface area contributed by atoms with Crippen molar-refractivity contribution in [3.8, 4) is 0 Å². The molecule has 0 saturated heterocycles. The first-order valence-corrected chi connectivity index (χ1v) is 5.04. The number of rotatable bonds is 5. The van der Waals surface area contributed by atoms with E-state index in [1.165, 1.54) is 4.80 Å². The fourth-order valence-corrected chi connectivity index (χ4v) is 1.10. The second-order valence-electron chi connectivity index (χ2n) is 3.38. The van der Waals surface area contributed by atoms with Crippen molar-refractivity contribution in [2.45, 2.75) is 13.3 Å². The first kappa shape index (κ1) is 12.9. The summed E-state index contributed by atoms with van der Waals surface area (Å²) in [5, 5.41) is 24.3. The summed E-state index contributed by atoms with van der Waals surface area (Å²) in [5.41, 5.74) is 0. The van der Waals surface area contributed by atoms with Crippen molar-refractivity contribution in [2.75, 3.05) is 11.9 Å². The van der Waals surface area contributed by atoms with Gasteiger partial charge in [0.2, 0.25) is 0 Å². The molecule has 0 fully saturated rings. The molecular formula is C8H14N6O3. The molecule has 1 unspecified atom stereocenters. The van der Waals surface area contributed by atoms with Gasteiger partial charge in [-0.25, -0.2) is 4.79 Å². The quantitative estimate of drug-likeness (QED) is 0.636. The van der Waals surface area contributed by atoms with Crippen LogP contribution in [-0.4, -0.2) is 43.9 Å². The molecule has 0 spiro atoms. The smallest absolute Gasteiger partial charge is 0.321 e. The van der Waals surface area contributed by atoms with E-state index in [0.717, 1.165) is 0 Å². The number of aromatic nitrogens is 4. The van der Waals surface area contributed by atoms with E-state index in [-0.39, 0.29) is 12.5 Å². The minimum atomic E-state index is -0.939. The molecule has 94 valence electrons. The van der Waals surface area contributed by atoms with E-state index in [1.807, 2.05) is 0 Å². The molecule has 0 radical (unpaired) electrons. The third kappa shape index (κ3) is 4.05. The van der Waals surface area contributed by atoms with Crippen LogP contribution in [0.2, 0.25) is 0 Å². The second kappa shape index (κ2) is 5.77. The molecule has 1 rings (SSSR count). The number of aliphatic carboxylic acids is 1. The number of carbonyl (C=O) groups is 2. The Hall–Kier alpha value is -2.19. The number of amides is 2. The summed E-state index contributed by atoms with van der Waals surface area (Å²) in [6.07, 6.45) is 0.443. The first-order valence-electron chi connectivity index (χ1n) is 5.04. The molecule has 9 nitrogen and oxygen atoms in total. The zero-order valence-electron chi connectivity index (χ0n) is 9.54. The van der Waals surface area contributed by atoms with Crippen molar-refractivity contribution < 1.29 is 14.7 Å². The number of nitrogens with one attached hydrogen (secondary N) is 2. The van der Waals surface area contributed by atoms with E-state index >= 15 is 0 Å². The van der Waals surface area contributed by atoms with Crippen LogP contribution in [-0.2, 0) is 11.8 Å². The van der Waals surface area contributed by atoms with Crippen LogP contribution in [0.15, 0.2) is 0 Å². The second-order valence-corrected chi connectivity index (χ2v) is 3.38. The predicted octanol–water partition coefficient (Wildman–Crippen LogP) is -0.558. The highest BCUT2D eigenvalue weighted by Gasteiger charge is 2.16. The van der Waals surface area contributed by atoms with E-state index in [2.05, 4.69) is 26.0 Å². The Kier molecular flexibility index (Phi) is 4.37. The number of anilines is 1. The van der Waals surface area contributed by atoms with Crippen LogP contribution in [0.25, 0.3) is 0 Å². The van der Waals surface area contributed by atoms with Gasteiger partial charge < -0.3 is 10.4 Å². The number of carboxylic acids is 1. The Balaban J connectivity index is 2.37. The first-order chi connectivity index (χ1) is 8.02. The zero-order valence-corrected chi connectivity index (χ0v) is 9.54. The monoisotopic (exact) mass is 242 g/mol. The van der Waals surface area contributed by atoms with Crippen LogP contribution >= 0.6 is 0 Å². The number of urea groups is 1. The number of tetrazole rings is 1. The van der Waals surface area contributed by atoms with Gasteiger partial charge in [0.1, 0.15) is 0 Å². The lowest BCUT2D eigenvalue weighted by molar-refractivity contribution is -0.141. The lowest BCUT2D eigenvalue weighted by Crippen LogP contribution is -2.35. The van der Waals surface area contributed by atoms with Crippen LogP contribution in [0, 0.1) is 5.92 Å². The standard InChI is InChI=1S/C8H14N6O3/c1-3-5(6(15)16)4-9-8(17)10-7-11-13-14(2)12-7/h5H,3-4H2,1-2H3,(H,15,16)(H2,9,10,12,17). The zero-order chi connectivity index (χ0) is 12.8. The van der Waals surface area contributed by atoms with Crippen LogP contribution in [0.3, 0.4) is 0 Å². The molecule has 0 aliphatic rings. The van der Waals surface area contributed by atoms with Gasteiger partial charge in [0.15, 0.2) is 0 Å². The number of hydrogen-bond acceptors (Lipinski definition) is 5. The van der Waals surface area contributed by atoms with E-state index in [1.54, 1.807) is 14.0 Å². The molecule has 17 heavy (non-hydrogen) atoms. The van der Waals surface area contributed by atoms with Crippen molar-refractivity contribution >= 4 is 17.9 Å². The van der Waals surface area contributed by atoms with Crippen molar-refractivity contribution in [2.24, 2.45) is 13.0 Å². The predicted molar refractivity (Wildman–Crippen MR) is 57.2 cm³/mol. The summed E-state index contributed by atoms with van der Waals surface area (Å²) in [6, 6.07) is -0.558. The van der Waals surface area contributed by atoms with Crippen molar-refractivity contribution in [1.82, 2.24) is 25.5 Å². The van der Waals surface area contributed by atoms with Crippen molar-refractivity contribution in [3.05, 3.63) is 0 Å². The van der Waals surface area contributed by atoms with Gasteiger partial charge in [-0.1, -0.05) is 12.0 Å². The summed E-state index contributed by atoms with van der Waals surface area (Å²) in [7, 11) is 1.56. The normalized spacial score (nSPS) is 11.9. The van der Waals surface area contributed by atoms with Gasteiger partial charge >= 0.3 is 12.0 Å². The fourth-order valence-electron chi connectivity index (χ4n) is 1.10. The van der Waals surface area contributed by atoms with Gasteiger partial charge in [0.25, 0.3) is 5.95 Å². The third-order valence-electron chi connectivity index (χ3n) is 2.08. The van der Waals surface area contributed by atoms with E-state index < -0.39 is 17.9 Å². The van der Waals surface area contributed by atoms with Gasteiger partial charge in [-0.15, -0.1) is 5.10 Å². The Morgan fingerprint density at radius 3 is 2.71 bits per heavy atom. The summed E-state index contributed by atoms with van der Waals surface area (Å²) in [6.45, 7) is 1.79. The highest BCUT2D eigenvalue weighted by molar-refractivity contribution is 5.87. The SMILES string of the molecule is CCC(CNC(=O)Nc1nnn(C)n1)C(=O)O. The number of carboxylic acid groups (broad SMARTS) is 1. The van der Waals surface area contributed by atoms with Crippen LogP contribution in [0.4, 0.5) is 10.7 Å². The van der Waals surface area contributed by atoms with Gasteiger partial charge in [-0.2, -0.15) is 4.80 Å². The van der Waals surface area contributed by atoms with Crippen LogP contribution in [0.1, 0.15) is 13.3 Å². The molecule has 1 aromatic rings. The Labute approximate surface area is 97.2 Å². The van der Waals surface area contributed by atoms with E-state index in [0.29, 0.717) is 6.42 Å². The molecule has 0 saturated carbocycles. The average molecular weight is 242 g/mol. The maximum absolute atomic E-state index is 11.3. The van der Waals surface area contributed by atoms with Crippen LogP contribution in [0.5, 0.6) is 0 Å². The molecule has 1 atom stereocenters. The lowest BCUT2D eigenvalue weighted by Gasteiger charge is -2.10. The Morgan fingerprint density at radius 1 is 1.53 bits per heavy atom. The number of carbonyl (C=O) groups excluding carboxylic acids is 1. The lowest BCUT2D eigenvalue weighted by atomic mass is 10.1. The van der Waals surface area contributed by atoms with Gasteiger partial charge in [-0.05, 0) is 11.6 Å². The molecule has 0 aliphatic heterocycles. The summed E-state index contributed by atoms with van der Waals surface area (Å²) >= 11 is 0. The third-order valence-corrected chi connectivity index (χ3v) is 2.08. The molecule has 1 heterocycles. The molecule has 1 aromatic heterocycles. The van der Waals surface area contributed by atoms with Gasteiger partial charge in [-0.3, -0.25) is 10.1 Å². The molecular weight excluding hydrogens is 228 g/mol. The maximum atomic E-state index is 11.3. The molecule has 0 aromatic carbocycles. The highest BCUT2D eigenvalue weighted by atomic mass is 16.4. The Bertz CT molecular complexity index is 404. The maximum Gasteiger partial charge on any atom is 0.321 e. The van der Waals surface area contributed by atoms with Crippen molar-refractivity contribution in [1.29, 1.82) is 0 Å². The minimum Gasteiger partial charge on any atom is -0.481 e. The molecule has 2 amide bonds. The van der Waals surface area contributed by atoms with E-state index in [9.17, 15) is 9.59 Å². The molecule has 0 aliphatic carbocycles. The van der Waals surface area contributed by atoms with E-state index in [4.69, 9.17) is 5.11 Å². The largest absolute Gasteiger partial charge is 0.481 e. The summed E-state index contributed by atoms with van der Waals surface area (Å²) in [4.78, 5) is 23.2. The minimum absolute atomic E-state index is 0.0535. The molecule has 9 heteroatoms. The molecule has 0 bridgehead atoms. The molecule has 3 N–H and O–H groups in total.